The number of hydrogen-bond donors (Lipinski definition) is 1. The van der Waals surface area contributed by atoms with Gasteiger partial charge in [-0.2, -0.15) is 5.10 Å². The summed E-state index contributed by atoms with van der Waals surface area (Å²) in [6, 6.07) is 21.4. The topological polar surface area (TPSA) is 65.4 Å². The van der Waals surface area contributed by atoms with Crippen LogP contribution in [0.4, 0.5) is 5.82 Å². The van der Waals surface area contributed by atoms with Crippen LogP contribution < -0.4 is 14.8 Å². The maximum atomic E-state index is 12.9. The Morgan fingerprint density at radius 1 is 0.912 bits per heavy atom. The summed E-state index contributed by atoms with van der Waals surface area (Å²) in [6.07, 6.45) is 1.86. The molecule has 0 fully saturated rings. The molecule has 0 spiro atoms. The van der Waals surface area contributed by atoms with Gasteiger partial charge < -0.3 is 14.8 Å². The van der Waals surface area contributed by atoms with Crippen LogP contribution >= 0.6 is 0 Å². The van der Waals surface area contributed by atoms with Crippen LogP contribution in [0.2, 0.25) is 0 Å². The van der Waals surface area contributed by atoms with Gasteiger partial charge in [-0.25, -0.2) is 0 Å². The second-order valence-electron chi connectivity index (χ2n) is 8.36. The lowest BCUT2D eigenvalue weighted by Crippen LogP contribution is -2.14. The summed E-state index contributed by atoms with van der Waals surface area (Å²) in [5.74, 6) is 1.75. The molecule has 34 heavy (non-hydrogen) atoms. The molecular formula is C28H29N3O3. The number of rotatable bonds is 8. The standard InChI is InChI=1S/C28H29N3O3/c1-19-9-10-21(3)26(15-19)34-18-24-16-22(11-12-25(24)33-4)28(32)29-27-13-14-31(30-27)17-23-8-6-5-7-20(23)2/h5-16H,17-18H2,1-4H3,(H,29,30,32). The molecule has 4 rings (SSSR count). The Hall–Kier alpha value is -4.06. The normalized spacial score (nSPS) is 10.7. The zero-order chi connectivity index (χ0) is 24.1. The molecule has 6 heteroatoms. The van der Waals surface area contributed by atoms with Gasteiger partial charge >= 0.3 is 0 Å². The zero-order valence-corrected chi connectivity index (χ0v) is 20.0. The first-order valence-corrected chi connectivity index (χ1v) is 11.2. The summed E-state index contributed by atoms with van der Waals surface area (Å²) < 4.78 is 13.3. The monoisotopic (exact) mass is 455 g/mol. The lowest BCUT2D eigenvalue weighted by molar-refractivity contribution is 0.102. The zero-order valence-electron chi connectivity index (χ0n) is 20.0. The van der Waals surface area contributed by atoms with E-state index in [9.17, 15) is 4.79 Å². The SMILES string of the molecule is COc1ccc(C(=O)Nc2ccn(Cc3ccccc3C)n2)cc1COc1cc(C)ccc1C. The Kier molecular flexibility index (Phi) is 6.97. The van der Waals surface area contributed by atoms with Gasteiger partial charge in [0, 0.05) is 23.4 Å². The number of hydrogen-bond acceptors (Lipinski definition) is 4. The van der Waals surface area contributed by atoms with Crippen molar-refractivity contribution in [1.82, 2.24) is 9.78 Å². The first kappa shape index (κ1) is 23.1. The van der Waals surface area contributed by atoms with Crippen LogP contribution in [-0.4, -0.2) is 22.8 Å². The summed E-state index contributed by atoms with van der Waals surface area (Å²) in [5.41, 5.74) is 5.88. The number of ether oxygens (including phenoxy) is 2. The highest BCUT2D eigenvalue weighted by Gasteiger charge is 2.13. The minimum atomic E-state index is -0.239. The van der Waals surface area contributed by atoms with Crippen LogP contribution in [0, 0.1) is 20.8 Å². The van der Waals surface area contributed by atoms with Gasteiger partial charge in [-0.05, 0) is 67.3 Å². The van der Waals surface area contributed by atoms with E-state index in [1.807, 2.05) is 49.0 Å². The van der Waals surface area contributed by atoms with Crippen molar-refractivity contribution in [1.29, 1.82) is 0 Å². The van der Waals surface area contributed by atoms with Crippen LogP contribution in [0.3, 0.4) is 0 Å². The average molecular weight is 456 g/mol. The highest BCUT2D eigenvalue weighted by Crippen LogP contribution is 2.25. The number of nitrogens with one attached hydrogen (secondary N) is 1. The molecule has 3 aromatic carbocycles. The summed E-state index contributed by atoms with van der Waals surface area (Å²) in [4.78, 5) is 12.9. The molecule has 1 N–H and O–H groups in total. The Bertz CT molecular complexity index is 1310. The molecule has 1 heterocycles. The van der Waals surface area contributed by atoms with E-state index < -0.39 is 0 Å². The van der Waals surface area contributed by atoms with Gasteiger partial charge in [0.1, 0.15) is 18.1 Å². The minimum Gasteiger partial charge on any atom is -0.496 e. The first-order chi connectivity index (χ1) is 16.4. The van der Waals surface area contributed by atoms with Gasteiger partial charge in [0.25, 0.3) is 5.91 Å². The van der Waals surface area contributed by atoms with Gasteiger partial charge in [-0.15, -0.1) is 0 Å². The molecule has 1 aromatic heterocycles. The molecule has 0 aliphatic rings. The van der Waals surface area contributed by atoms with E-state index >= 15 is 0 Å². The minimum absolute atomic E-state index is 0.239. The van der Waals surface area contributed by atoms with Crippen molar-refractivity contribution in [3.05, 3.63) is 106 Å². The molecule has 6 nitrogen and oxygen atoms in total. The molecule has 4 aromatic rings. The van der Waals surface area contributed by atoms with E-state index in [0.717, 1.165) is 22.4 Å². The summed E-state index contributed by atoms with van der Waals surface area (Å²) in [5, 5.41) is 7.38. The maximum Gasteiger partial charge on any atom is 0.256 e. The highest BCUT2D eigenvalue weighted by atomic mass is 16.5. The van der Waals surface area contributed by atoms with Crippen molar-refractivity contribution in [2.45, 2.75) is 33.9 Å². The van der Waals surface area contributed by atoms with E-state index in [1.165, 1.54) is 11.1 Å². The predicted molar refractivity (Wildman–Crippen MR) is 134 cm³/mol. The van der Waals surface area contributed by atoms with Crippen molar-refractivity contribution >= 4 is 11.7 Å². The summed E-state index contributed by atoms with van der Waals surface area (Å²) in [7, 11) is 1.61. The third kappa shape index (κ3) is 5.46. The number of carbonyl (C=O) groups is 1. The van der Waals surface area contributed by atoms with E-state index in [1.54, 1.807) is 31.4 Å². The number of anilines is 1. The first-order valence-electron chi connectivity index (χ1n) is 11.2. The van der Waals surface area contributed by atoms with Crippen molar-refractivity contribution in [3.63, 3.8) is 0 Å². The number of carbonyl (C=O) groups excluding carboxylic acids is 1. The third-order valence-corrected chi connectivity index (χ3v) is 5.75. The molecule has 0 bridgehead atoms. The molecule has 1 amide bonds. The van der Waals surface area contributed by atoms with Crippen LogP contribution in [0.15, 0.2) is 72.9 Å². The smallest absolute Gasteiger partial charge is 0.256 e. The fourth-order valence-electron chi connectivity index (χ4n) is 3.72. The Balaban J connectivity index is 1.46. The lowest BCUT2D eigenvalue weighted by atomic mass is 10.1. The number of methoxy groups -OCH3 is 1. The van der Waals surface area contributed by atoms with Crippen LogP contribution in [0.25, 0.3) is 0 Å². The number of aryl methyl sites for hydroxylation is 3. The molecule has 0 atom stereocenters. The van der Waals surface area contributed by atoms with Gasteiger partial charge in [0.2, 0.25) is 0 Å². The summed E-state index contributed by atoms with van der Waals surface area (Å²) in [6.45, 7) is 7.05. The Morgan fingerprint density at radius 3 is 2.53 bits per heavy atom. The largest absolute Gasteiger partial charge is 0.496 e. The predicted octanol–water partition coefficient (Wildman–Crippen LogP) is 5.70. The second-order valence-corrected chi connectivity index (χ2v) is 8.36. The molecular weight excluding hydrogens is 426 g/mol. The molecule has 0 radical (unpaired) electrons. The fraction of sp³-hybridized carbons (Fsp3) is 0.214. The van der Waals surface area contributed by atoms with Crippen LogP contribution in [-0.2, 0) is 13.2 Å². The van der Waals surface area contributed by atoms with Gasteiger partial charge in [0.15, 0.2) is 5.82 Å². The number of amides is 1. The average Bonchev–Trinajstić information content (AvgIpc) is 3.27. The number of nitrogens with zero attached hydrogens (tertiary/aromatic N) is 2. The molecule has 0 unspecified atom stereocenters. The Morgan fingerprint density at radius 2 is 1.74 bits per heavy atom. The third-order valence-electron chi connectivity index (χ3n) is 5.75. The number of aromatic nitrogens is 2. The van der Waals surface area contributed by atoms with Crippen LogP contribution in [0.1, 0.15) is 38.2 Å². The van der Waals surface area contributed by atoms with E-state index in [0.29, 0.717) is 30.3 Å². The van der Waals surface area contributed by atoms with Crippen molar-refractivity contribution in [2.75, 3.05) is 12.4 Å². The van der Waals surface area contributed by atoms with Crippen molar-refractivity contribution in [3.8, 4) is 11.5 Å². The van der Waals surface area contributed by atoms with Crippen molar-refractivity contribution < 1.29 is 14.3 Å². The molecule has 0 saturated heterocycles. The van der Waals surface area contributed by atoms with E-state index in [2.05, 4.69) is 35.5 Å². The molecule has 0 aliphatic heterocycles. The molecule has 174 valence electrons. The van der Waals surface area contributed by atoms with Crippen molar-refractivity contribution in [2.24, 2.45) is 0 Å². The van der Waals surface area contributed by atoms with Crippen LogP contribution in [0.5, 0.6) is 11.5 Å². The molecule has 0 aliphatic carbocycles. The highest BCUT2D eigenvalue weighted by molar-refractivity contribution is 6.04. The van der Waals surface area contributed by atoms with Gasteiger partial charge in [-0.1, -0.05) is 36.4 Å². The second kappa shape index (κ2) is 10.3. The van der Waals surface area contributed by atoms with Gasteiger partial charge in [0.05, 0.1) is 13.7 Å². The quantitative estimate of drug-likeness (QED) is 0.370. The fourth-order valence-corrected chi connectivity index (χ4v) is 3.72. The summed E-state index contributed by atoms with van der Waals surface area (Å²) >= 11 is 0. The van der Waals surface area contributed by atoms with E-state index in [4.69, 9.17) is 9.47 Å². The molecule has 0 saturated carbocycles. The van der Waals surface area contributed by atoms with Gasteiger partial charge in [-0.3, -0.25) is 9.48 Å². The maximum absolute atomic E-state index is 12.9. The number of benzene rings is 3. The lowest BCUT2D eigenvalue weighted by Gasteiger charge is -2.14. The Labute approximate surface area is 200 Å². The van der Waals surface area contributed by atoms with E-state index in [-0.39, 0.29) is 5.91 Å².